The second-order valence-electron chi connectivity index (χ2n) is 16.5. The number of hydrogen-bond donors (Lipinski definition) is 8. The smallest absolute Gasteiger partial charge is 0.249 e. The summed E-state index contributed by atoms with van der Waals surface area (Å²) >= 11 is 0. The first-order valence-corrected chi connectivity index (χ1v) is 23.2. The minimum atomic E-state index is -1.67. The second-order valence-corrected chi connectivity index (χ2v) is 16.5. The number of ether oxygens (including phenoxy) is 2. The van der Waals surface area contributed by atoms with E-state index in [0.717, 1.165) is 51.4 Å². The third-order valence-corrected chi connectivity index (χ3v) is 11.2. The van der Waals surface area contributed by atoms with Crippen LogP contribution in [0.15, 0.2) is 24.3 Å². The number of allylic oxidation sites excluding steroid dienone is 4. The van der Waals surface area contributed by atoms with Gasteiger partial charge in [0.05, 0.1) is 25.4 Å². The molecule has 336 valence electrons. The van der Waals surface area contributed by atoms with Gasteiger partial charge in [-0.1, -0.05) is 154 Å². The Balaban J connectivity index is 2.48. The second kappa shape index (κ2) is 36.4. The van der Waals surface area contributed by atoms with Crippen LogP contribution in [0, 0.1) is 0 Å². The molecule has 0 aromatic carbocycles. The van der Waals surface area contributed by atoms with E-state index in [1.807, 2.05) is 0 Å². The van der Waals surface area contributed by atoms with Crippen molar-refractivity contribution in [1.29, 1.82) is 0 Å². The van der Waals surface area contributed by atoms with Gasteiger partial charge in [0.25, 0.3) is 0 Å². The molecule has 1 rings (SSSR count). The van der Waals surface area contributed by atoms with Crippen LogP contribution >= 0.6 is 0 Å². The van der Waals surface area contributed by atoms with E-state index in [0.29, 0.717) is 12.8 Å². The number of unbranched alkanes of at least 4 members (excludes halogenated alkanes) is 22. The van der Waals surface area contributed by atoms with Gasteiger partial charge in [-0.25, -0.2) is 0 Å². The summed E-state index contributed by atoms with van der Waals surface area (Å²) in [6.07, 6.45) is 28.0. The highest BCUT2D eigenvalue weighted by molar-refractivity contribution is 5.80. The van der Waals surface area contributed by atoms with E-state index in [4.69, 9.17) is 9.47 Å². The fraction of sp³-hybridized carbons (Fsp3) is 0.891. The van der Waals surface area contributed by atoms with Crippen LogP contribution in [-0.4, -0.2) is 110 Å². The number of carbonyl (C=O) groups is 1. The lowest BCUT2D eigenvalue weighted by Gasteiger charge is -2.40. The van der Waals surface area contributed by atoms with Gasteiger partial charge < -0.3 is 50.5 Å². The maximum atomic E-state index is 13.1. The average molecular weight is 814 g/mol. The van der Waals surface area contributed by atoms with Crippen molar-refractivity contribution < 1.29 is 50.0 Å². The number of aliphatic hydroxyl groups excluding tert-OH is 7. The fourth-order valence-electron chi connectivity index (χ4n) is 7.32. The summed E-state index contributed by atoms with van der Waals surface area (Å²) in [6.45, 7) is 3.40. The Morgan fingerprint density at radius 2 is 1.04 bits per heavy atom. The third kappa shape index (κ3) is 26.4. The van der Waals surface area contributed by atoms with Crippen molar-refractivity contribution in [2.75, 3.05) is 13.2 Å². The Morgan fingerprint density at radius 3 is 1.51 bits per heavy atom. The highest BCUT2D eigenvalue weighted by atomic mass is 16.7. The van der Waals surface area contributed by atoms with Crippen molar-refractivity contribution in [2.24, 2.45) is 0 Å². The zero-order valence-electron chi connectivity index (χ0n) is 36.1. The lowest BCUT2D eigenvalue weighted by molar-refractivity contribution is -0.303. The van der Waals surface area contributed by atoms with Crippen molar-refractivity contribution in [3.8, 4) is 0 Å². The molecular formula is C46H87NO10. The molecule has 1 heterocycles. The summed E-state index contributed by atoms with van der Waals surface area (Å²) in [7, 11) is 0. The molecule has 9 unspecified atom stereocenters. The first kappa shape index (κ1) is 53.6. The Morgan fingerprint density at radius 1 is 0.596 bits per heavy atom. The van der Waals surface area contributed by atoms with Crippen LogP contribution in [0.5, 0.6) is 0 Å². The highest BCUT2D eigenvalue weighted by Crippen LogP contribution is 2.23. The minimum Gasteiger partial charge on any atom is -0.394 e. The van der Waals surface area contributed by atoms with E-state index in [1.54, 1.807) is 0 Å². The number of hydrogen-bond acceptors (Lipinski definition) is 10. The van der Waals surface area contributed by atoms with E-state index in [9.17, 15) is 40.5 Å². The Bertz CT molecular complexity index is 981. The van der Waals surface area contributed by atoms with Crippen LogP contribution in [0.3, 0.4) is 0 Å². The Labute approximate surface area is 346 Å². The molecule has 0 aromatic heterocycles. The van der Waals surface area contributed by atoms with E-state index < -0.39 is 74.2 Å². The number of aliphatic hydroxyl groups is 7. The molecule has 0 bridgehead atoms. The van der Waals surface area contributed by atoms with E-state index in [2.05, 4.69) is 43.5 Å². The van der Waals surface area contributed by atoms with Gasteiger partial charge >= 0.3 is 0 Å². The Kier molecular flexibility index (Phi) is 34.3. The molecule has 1 saturated heterocycles. The topological polar surface area (TPSA) is 189 Å². The van der Waals surface area contributed by atoms with Gasteiger partial charge in [0.15, 0.2) is 6.29 Å². The number of rotatable bonds is 38. The van der Waals surface area contributed by atoms with Crippen LogP contribution in [0.2, 0.25) is 0 Å². The first-order valence-electron chi connectivity index (χ1n) is 23.2. The zero-order chi connectivity index (χ0) is 41.9. The van der Waals surface area contributed by atoms with Crippen molar-refractivity contribution in [3.63, 3.8) is 0 Å². The summed E-state index contributed by atoms with van der Waals surface area (Å²) in [5.74, 6) is -0.716. The summed E-state index contributed by atoms with van der Waals surface area (Å²) in [4.78, 5) is 13.1. The van der Waals surface area contributed by atoms with Crippen molar-refractivity contribution in [2.45, 2.75) is 249 Å². The fourth-order valence-corrected chi connectivity index (χ4v) is 7.32. The molecule has 1 aliphatic heterocycles. The normalized spacial score (nSPS) is 22.3. The van der Waals surface area contributed by atoms with Gasteiger partial charge in [-0.2, -0.15) is 0 Å². The summed E-state index contributed by atoms with van der Waals surface area (Å²) in [5.41, 5.74) is 0. The predicted molar refractivity (Wildman–Crippen MR) is 229 cm³/mol. The molecule has 11 nitrogen and oxygen atoms in total. The van der Waals surface area contributed by atoms with Crippen LogP contribution < -0.4 is 5.32 Å². The van der Waals surface area contributed by atoms with Crippen molar-refractivity contribution in [3.05, 3.63) is 24.3 Å². The molecule has 0 radical (unpaired) electrons. The third-order valence-electron chi connectivity index (χ3n) is 11.2. The van der Waals surface area contributed by atoms with Gasteiger partial charge in [0.2, 0.25) is 5.91 Å². The molecular weight excluding hydrogens is 727 g/mol. The molecule has 0 aliphatic carbocycles. The summed E-state index contributed by atoms with van der Waals surface area (Å²) in [6, 6.07) is -1.19. The predicted octanol–water partition coefficient (Wildman–Crippen LogP) is 7.45. The summed E-state index contributed by atoms with van der Waals surface area (Å²) in [5, 5.41) is 75.5. The molecule has 1 fully saturated rings. The van der Waals surface area contributed by atoms with Gasteiger partial charge in [-0.3, -0.25) is 4.79 Å². The molecule has 57 heavy (non-hydrogen) atoms. The number of nitrogens with one attached hydrogen (secondary N) is 1. The van der Waals surface area contributed by atoms with Crippen LogP contribution in [-0.2, 0) is 14.3 Å². The average Bonchev–Trinajstić information content (AvgIpc) is 3.21. The molecule has 0 spiro atoms. The van der Waals surface area contributed by atoms with E-state index in [-0.39, 0.29) is 12.8 Å². The molecule has 8 N–H and O–H groups in total. The molecule has 1 aliphatic rings. The Hall–Kier alpha value is -1.41. The molecule has 9 atom stereocenters. The van der Waals surface area contributed by atoms with Gasteiger partial charge in [-0.05, 0) is 64.2 Å². The first-order chi connectivity index (χ1) is 27.7. The quantitative estimate of drug-likeness (QED) is 0.0230. The monoisotopic (exact) mass is 814 g/mol. The van der Waals surface area contributed by atoms with Crippen LogP contribution in [0.1, 0.15) is 194 Å². The SMILES string of the molecule is CCCCCCCCCC/C=C/CCCC(O)C(O)C(COC1OC(CO)C(O)C(O)C1O)NC(=O)C(O)CCCCCC/C=C\CCCCCCCCCCC. The number of carbonyl (C=O) groups excluding carboxylic acids is 1. The van der Waals surface area contributed by atoms with Gasteiger partial charge in [-0.15, -0.1) is 0 Å². The maximum absolute atomic E-state index is 13.1. The molecule has 1 amide bonds. The lowest BCUT2D eigenvalue weighted by atomic mass is 9.98. The maximum Gasteiger partial charge on any atom is 0.249 e. The molecule has 0 aromatic rings. The minimum absolute atomic E-state index is 0.241. The molecule has 11 heteroatoms. The van der Waals surface area contributed by atoms with Crippen molar-refractivity contribution >= 4 is 5.91 Å². The number of amides is 1. The zero-order valence-corrected chi connectivity index (χ0v) is 36.1. The van der Waals surface area contributed by atoms with Crippen LogP contribution in [0.4, 0.5) is 0 Å². The largest absolute Gasteiger partial charge is 0.394 e. The lowest BCUT2D eigenvalue weighted by Crippen LogP contribution is -2.60. The van der Waals surface area contributed by atoms with Crippen LogP contribution in [0.25, 0.3) is 0 Å². The van der Waals surface area contributed by atoms with E-state index in [1.165, 1.54) is 103 Å². The van der Waals surface area contributed by atoms with Gasteiger partial charge in [0.1, 0.15) is 36.6 Å². The summed E-state index contributed by atoms with van der Waals surface area (Å²) < 4.78 is 11.1. The standard InChI is InChI=1S/C46H87NO10/c1-3-5-7-9-11-13-15-17-18-19-20-22-24-26-28-30-32-34-39(50)45(55)47-37(36-56-46-44(54)43(53)42(52)40(35-48)57-46)41(51)38(49)33-31-29-27-25-23-21-16-14-12-10-8-6-4-2/h20,22,25,27,37-44,46,48-54H,3-19,21,23-24,26,28-36H2,1-2H3,(H,47,55)/b22-20-,27-25+. The van der Waals surface area contributed by atoms with Gasteiger partial charge in [0, 0.05) is 0 Å². The highest BCUT2D eigenvalue weighted by Gasteiger charge is 2.44. The van der Waals surface area contributed by atoms with E-state index >= 15 is 0 Å². The van der Waals surface area contributed by atoms with Crippen molar-refractivity contribution in [1.82, 2.24) is 5.32 Å². The molecule has 0 saturated carbocycles.